The number of amides is 1. The zero-order valence-electron chi connectivity index (χ0n) is 10.0. The van der Waals surface area contributed by atoms with Gasteiger partial charge in [0.1, 0.15) is 6.04 Å². The van der Waals surface area contributed by atoms with E-state index in [2.05, 4.69) is 5.32 Å². The van der Waals surface area contributed by atoms with Crippen LogP contribution in [0, 0.1) is 11.8 Å². The first-order valence-corrected chi connectivity index (χ1v) is 6.94. The average Bonchev–Trinajstić information content (AvgIpc) is 2.83. The van der Waals surface area contributed by atoms with Gasteiger partial charge in [0.05, 0.1) is 11.3 Å². The number of thioether (sulfide) groups is 1. The molecule has 0 saturated carbocycles. The first-order valence-electron chi connectivity index (χ1n) is 5.89. The summed E-state index contributed by atoms with van der Waals surface area (Å²) in [7, 11) is 0. The van der Waals surface area contributed by atoms with Crippen molar-refractivity contribution in [1.82, 2.24) is 10.2 Å². The van der Waals surface area contributed by atoms with Crippen LogP contribution < -0.4 is 5.32 Å². The number of nitrogens with one attached hydrogen (secondary N) is 1. The highest BCUT2D eigenvalue weighted by molar-refractivity contribution is 8.00. The number of aliphatic carboxylic acids is 1. The van der Waals surface area contributed by atoms with Crippen molar-refractivity contribution in [2.75, 3.05) is 18.8 Å². The van der Waals surface area contributed by atoms with Crippen molar-refractivity contribution in [2.24, 2.45) is 11.8 Å². The summed E-state index contributed by atoms with van der Waals surface area (Å²) >= 11 is 1.53. The summed E-state index contributed by atoms with van der Waals surface area (Å²) in [5.41, 5.74) is 0. The van der Waals surface area contributed by atoms with Crippen molar-refractivity contribution in [1.29, 1.82) is 0 Å². The summed E-state index contributed by atoms with van der Waals surface area (Å²) in [6.07, 6.45) is 0. The summed E-state index contributed by atoms with van der Waals surface area (Å²) in [6.45, 7) is 5.44. The van der Waals surface area contributed by atoms with Crippen LogP contribution in [0.1, 0.15) is 13.8 Å². The first-order chi connectivity index (χ1) is 8.02. The Morgan fingerprint density at radius 1 is 1.35 bits per heavy atom. The fourth-order valence-corrected chi connectivity index (χ4v) is 3.67. The number of hydrogen-bond donors (Lipinski definition) is 2. The van der Waals surface area contributed by atoms with Crippen molar-refractivity contribution in [2.45, 2.75) is 25.3 Å². The summed E-state index contributed by atoms with van der Waals surface area (Å²) < 4.78 is 0. The van der Waals surface area contributed by atoms with Gasteiger partial charge in [0.2, 0.25) is 5.91 Å². The normalized spacial score (nSPS) is 37.4. The van der Waals surface area contributed by atoms with Gasteiger partial charge in [-0.1, -0.05) is 6.92 Å². The van der Waals surface area contributed by atoms with Gasteiger partial charge in [-0.3, -0.25) is 4.79 Å². The molecule has 2 aliphatic heterocycles. The minimum atomic E-state index is -0.895. The molecule has 0 radical (unpaired) electrons. The summed E-state index contributed by atoms with van der Waals surface area (Å²) in [6, 6.07) is -0.657. The molecular formula is C11H18N2O3S. The van der Waals surface area contributed by atoms with Crippen LogP contribution in [0.3, 0.4) is 0 Å². The van der Waals surface area contributed by atoms with E-state index in [1.165, 1.54) is 11.8 Å². The molecule has 4 unspecified atom stereocenters. The molecule has 5 nitrogen and oxygen atoms in total. The number of carbonyl (C=O) groups excluding carboxylic acids is 1. The Bertz CT molecular complexity index is 337. The lowest BCUT2D eigenvalue weighted by molar-refractivity contribution is -0.151. The second-order valence-electron chi connectivity index (χ2n) is 4.77. The molecule has 2 heterocycles. The van der Waals surface area contributed by atoms with Crippen LogP contribution in [0.15, 0.2) is 0 Å². The third-order valence-corrected chi connectivity index (χ3v) is 4.81. The lowest BCUT2D eigenvalue weighted by Crippen LogP contribution is -2.48. The minimum absolute atomic E-state index is 0.00704. The molecule has 2 saturated heterocycles. The van der Waals surface area contributed by atoms with Crippen LogP contribution in [-0.2, 0) is 9.59 Å². The molecular weight excluding hydrogens is 240 g/mol. The van der Waals surface area contributed by atoms with Crippen LogP contribution in [-0.4, -0.2) is 52.1 Å². The summed E-state index contributed by atoms with van der Waals surface area (Å²) in [5.74, 6) is -0.189. The highest BCUT2D eigenvalue weighted by atomic mass is 32.2. The molecule has 1 amide bonds. The number of rotatable bonds is 2. The smallest absolute Gasteiger partial charge is 0.327 e. The Labute approximate surface area is 105 Å². The molecule has 0 spiro atoms. The summed E-state index contributed by atoms with van der Waals surface area (Å²) in [5, 5.41) is 12.3. The predicted octanol–water partition coefficient (Wildman–Crippen LogP) is 0.217. The molecule has 6 heteroatoms. The Morgan fingerprint density at radius 3 is 2.59 bits per heavy atom. The van der Waals surface area contributed by atoms with Gasteiger partial charge in [-0.15, -0.1) is 11.8 Å². The van der Waals surface area contributed by atoms with E-state index in [0.717, 1.165) is 6.54 Å². The molecule has 2 aliphatic rings. The minimum Gasteiger partial charge on any atom is -0.480 e. The Hall–Kier alpha value is -0.750. The van der Waals surface area contributed by atoms with Crippen molar-refractivity contribution in [3.8, 4) is 0 Å². The zero-order valence-corrected chi connectivity index (χ0v) is 10.9. The molecule has 0 bridgehead atoms. The van der Waals surface area contributed by atoms with E-state index in [4.69, 9.17) is 5.11 Å². The van der Waals surface area contributed by atoms with Crippen LogP contribution in [0.5, 0.6) is 0 Å². The quantitative estimate of drug-likeness (QED) is 0.741. The lowest BCUT2D eigenvalue weighted by Gasteiger charge is -2.29. The Kier molecular flexibility index (Phi) is 3.63. The van der Waals surface area contributed by atoms with Crippen LogP contribution in [0.25, 0.3) is 0 Å². The van der Waals surface area contributed by atoms with Crippen LogP contribution in [0.2, 0.25) is 0 Å². The molecule has 0 aromatic rings. The van der Waals surface area contributed by atoms with Gasteiger partial charge < -0.3 is 15.3 Å². The summed E-state index contributed by atoms with van der Waals surface area (Å²) in [4.78, 5) is 25.1. The van der Waals surface area contributed by atoms with Gasteiger partial charge in [-0.25, -0.2) is 4.79 Å². The van der Waals surface area contributed by atoms with Crippen molar-refractivity contribution >= 4 is 23.6 Å². The molecule has 0 aromatic carbocycles. The molecule has 0 aromatic heterocycles. The second-order valence-corrected chi connectivity index (χ2v) is 6.12. The SMILES string of the molecule is CC1CNCC1C(=O)N1C(C)SCC1C(=O)O. The maximum atomic E-state index is 12.4. The van der Waals surface area contributed by atoms with Crippen LogP contribution in [0.4, 0.5) is 0 Å². The van der Waals surface area contributed by atoms with E-state index in [1.54, 1.807) is 4.90 Å². The number of hydrogen-bond acceptors (Lipinski definition) is 4. The fourth-order valence-electron chi connectivity index (χ4n) is 2.50. The maximum Gasteiger partial charge on any atom is 0.327 e. The van der Waals surface area contributed by atoms with Gasteiger partial charge in [-0.05, 0) is 19.4 Å². The van der Waals surface area contributed by atoms with Gasteiger partial charge in [0, 0.05) is 12.3 Å². The van der Waals surface area contributed by atoms with Crippen molar-refractivity contribution in [3.63, 3.8) is 0 Å². The third-order valence-electron chi connectivity index (χ3n) is 3.60. The maximum absolute atomic E-state index is 12.4. The molecule has 2 fully saturated rings. The third kappa shape index (κ3) is 2.28. The van der Waals surface area contributed by atoms with Gasteiger partial charge in [0.15, 0.2) is 0 Å². The Morgan fingerprint density at radius 2 is 2.06 bits per heavy atom. The highest BCUT2D eigenvalue weighted by Gasteiger charge is 2.43. The van der Waals surface area contributed by atoms with Crippen LogP contribution >= 0.6 is 11.8 Å². The first kappa shape index (κ1) is 12.7. The molecule has 0 aliphatic carbocycles. The standard InChI is InChI=1S/C11H18N2O3S/c1-6-3-12-4-8(6)10(14)13-7(2)17-5-9(13)11(15)16/h6-9,12H,3-5H2,1-2H3,(H,15,16). The van der Waals surface area contributed by atoms with Gasteiger partial charge >= 0.3 is 5.97 Å². The molecule has 4 atom stereocenters. The van der Waals surface area contributed by atoms with E-state index >= 15 is 0 Å². The number of carboxylic acids is 1. The molecule has 96 valence electrons. The monoisotopic (exact) mass is 258 g/mol. The van der Waals surface area contributed by atoms with Crippen molar-refractivity contribution in [3.05, 3.63) is 0 Å². The van der Waals surface area contributed by atoms with E-state index in [0.29, 0.717) is 12.3 Å². The number of carboxylic acid groups (broad SMARTS) is 1. The van der Waals surface area contributed by atoms with Gasteiger partial charge in [0.25, 0.3) is 0 Å². The predicted molar refractivity (Wildman–Crippen MR) is 65.7 cm³/mol. The average molecular weight is 258 g/mol. The highest BCUT2D eigenvalue weighted by Crippen LogP contribution is 2.32. The Balaban J connectivity index is 2.13. The van der Waals surface area contributed by atoms with E-state index < -0.39 is 12.0 Å². The van der Waals surface area contributed by atoms with E-state index in [1.807, 2.05) is 13.8 Å². The fraction of sp³-hybridized carbons (Fsp3) is 0.818. The second kappa shape index (κ2) is 4.86. The zero-order chi connectivity index (χ0) is 12.6. The number of carbonyl (C=O) groups is 2. The molecule has 2 rings (SSSR count). The molecule has 17 heavy (non-hydrogen) atoms. The van der Waals surface area contributed by atoms with Crippen molar-refractivity contribution < 1.29 is 14.7 Å². The van der Waals surface area contributed by atoms with Gasteiger partial charge in [-0.2, -0.15) is 0 Å². The largest absolute Gasteiger partial charge is 0.480 e. The number of nitrogens with zero attached hydrogens (tertiary/aromatic N) is 1. The topological polar surface area (TPSA) is 69.6 Å². The van der Waals surface area contributed by atoms with E-state index in [-0.39, 0.29) is 23.1 Å². The van der Waals surface area contributed by atoms with E-state index in [9.17, 15) is 9.59 Å². The lowest BCUT2D eigenvalue weighted by atomic mass is 9.96. The molecule has 2 N–H and O–H groups in total.